The van der Waals surface area contributed by atoms with Crippen LogP contribution in [-0.2, 0) is 11.2 Å². The maximum absolute atomic E-state index is 14.1. The van der Waals surface area contributed by atoms with E-state index in [1.54, 1.807) is 36.4 Å². The molecule has 44 heavy (non-hydrogen) atoms. The van der Waals surface area contributed by atoms with Gasteiger partial charge < -0.3 is 15.0 Å². The molecule has 5 rings (SSSR count). The first-order chi connectivity index (χ1) is 21.0. The summed E-state index contributed by atoms with van der Waals surface area (Å²) in [6.45, 7) is 1.21. The Morgan fingerprint density at radius 1 is 0.909 bits per heavy atom. The van der Waals surface area contributed by atoms with E-state index in [1.165, 1.54) is 0 Å². The predicted octanol–water partition coefficient (Wildman–Crippen LogP) is 6.53. The van der Waals surface area contributed by atoms with Gasteiger partial charge in [0.2, 0.25) is 5.91 Å². The van der Waals surface area contributed by atoms with Gasteiger partial charge in [-0.1, -0.05) is 34.8 Å². The highest BCUT2D eigenvalue weighted by atomic mass is 35.5. The SMILES string of the molecule is O=C(NC(=O)C1(N2CCC(F)(F)CC2)CCNCC1)c1cc(-c2ccc(Cl)cc2Cl)n(-c2ccc(Cl)cc2)c1CCCCO. The van der Waals surface area contributed by atoms with Gasteiger partial charge in [-0.15, -0.1) is 0 Å². The zero-order valence-corrected chi connectivity index (χ0v) is 26.4. The van der Waals surface area contributed by atoms with Crippen molar-refractivity contribution in [1.29, 1.82) is 0 Å². The van der Waals surface area contributed by atoms with E-state index < -0.39 is 23.3 Å². The Kier molecular flexibility index (Phi) is 10.3. The average Bonchev–Trinajstić information content (AvgIpc) is 3.37. The molecule has 3 aromatic rings. The highest BCUT2D eigenvalue weighted by Crippen LogP contribution is 2.38. The molecule has 2 aliphatic rings. The summed E-state index contributed by atoms with van der Waals surface area (Å²) in [6.07, 6.45) is 1.66. The number of carbonyl (C=O) groups is 2. The van der Waals surface area contributed by atoms with E-state index in [0.717, 1.165) is 5.69 Å². The van der Waals surface area contributed by atoms with E-state index in [9.17, 15) is 23.5 Å². The lowest BCUT2D eigenvalue weighted by molar-refractivity contribution is -0.141. The number of likely N-dealkylation sites (tertiary alicyclic amines) is 1. The Bertz CT molecular complexity index is 1500. The minimum atomic E-state index is -2.76. The van der Waals surface area contributed by atoms with Crippen LogP contribution < -0.4 is 10.6 Å². The molecule has 2 aliphatic heterocycles. The van der Waals surface area contributed by atoms with Crippen molar-refractivity contribution in [1.82, 2.24) is 20.1 Å². The van der Waals surface area contributed by atoms with Gasteiger partial charge in [0.1, 0.15) is 5.54 Å². The summed E-state index contributed by atoms with van der Waals surface area (Å²) in [6, 6.07) is 13.9. The molecule has 0 atom stereocenters. The smallest absolute Gasteiger partial charge is 0.259 e. The van der Waals surface area contributed by atoms with Gasteiger partial charge in [-0.05, 0) is 93.7 Å². The number of aliphatic hydroxyl groups excluding tert-OH is 1. The predicted molar refractivity (Wildman–Crippen MR) is 169 cm³/mol. The van der Waals surface area contributed by atoms with Crippen LogP contribution in [0.4, 0.5) is 8.78 Å². The molecular weight excluding hydrogens is 633 g/mol. The largest absolute Gasteiger partial charge is 0.396 e. The van der Waals surface area contributed by atoms with Crippen LogP contribution >= 0.6 is 34.8 Å². The fraction of sp³-hybridized carbons (Fsp3) is 0.438. The zero-order valence-electron chi connectivity index (χ0n) is 24.2. The van der Waals surface area contributed by atoms with Gasteiger partial charge >= 0.3 is 0 Å². The molecule has 2 saturated heterocycles. The second-order valence-electron chi connectivity index (χ2n) is 11.4. The van der Waals surface area contributed by atoms with E-state index in [-0.39, 0.29) is 38.1 Å². The van der Waals surface area contributed by atoms with Crippen LogP contribution in [0.2, 0.25) is 15.1 Å². The lowest BCUT2D eigenvalue weighted by Crippen LogP contribution is -2.65. The van der Waals surface area contributed by atoms with Gasteiger partial charge in [0, 0.05) is 59.5 Å². The monoisotopic (exact) mass is 666 g/mol. The van der Waals surface area contributed by atoms with Crippen molar-refractivity contribution in [3.8, 4) is 16.9 Å². The number of hydrogen-bond donors (Lipinski definition) is 3. The van der Waals surface area contributed by atoms with Crippen molar-refractivity contribution in [3.05, 3.63) is 74.9 Å². The number of nitrogens with zero attached hydrogens (tertiary/aromatic N) is 2. The number of alkyl halides is 2. The summed E-state index contributed by atoms with van der Waals surface area (Å²) >= 11 is 19.0. The first kappa shape index (κ1) is 32.9. The molecular formula is C32H35Cl3F2N4O3. The van der Waals surface area contributed by atoms with Crippen LogP contribution in [0.3, 0.4) is 0 Å². The number of unbranched alkanes of at least 4 members (excludes halogenated alkanes) is 1. The number of aromatic nitrogens is 1. The number of piperidine rings is 2. The van der Waals surface area contributed by atoms with Crippen LogP contribution in [0.5, 0.6) is 0 Å². The van der Waals surface area contributed by atoms with Crippen molar-refractivity contribution in [2.75, 3.05) is 32.8 Å². The second-order valence-corrected chi connectivity index (χ2v) is 12.7. The number of imide groups is 1. The highest BCUT2D eigenvalue weighted by molar-refractivity contribution is 6.36. The Labute approximate surface area is 270 Å². The van der Waals surface area contributed by atoms with Crippen LogP contribution in [0.25, 0.3) is 16.9 Å². The average molecular weight is 668 g/mol. The maximum atomic E-state index is 14.1. The van der Waals surface area contributed by atoms with Gasteiger partial charge in [-0.2, -0.15) is 0 Å². The van der Waals surface area contributed by atoms with Crippen LogP contribution in [0, 0.1) is 0 Å². The topological polar surface area (TPSA) is 86.6 Å². The number of aliphatic hydroxyl groups is 1. The maximum Gasteiger partial charge on any atom is 0.259 e. The van der Waals surface area contributed by atoms with E-state index in [0.29, 0.717) is 77.2 Å². The third-order valence-electron chi connectivity index (χ3n) is 8.64. The highest BCUT2D eigenvalue weighted by Gasteiger charge is 2.49. The molecule has 0 bridgehead atoms. The van der Waals surface area contributed by atoms with Gasteiger partial charge in [0.25, 0.3) is 11.8 Å². The first-order valence-corrected chi connectivity index (χ1v) is 15.9. The van der Waals surface area contributed by atoms with E-state index >= 15 is 0 Å². The van der Waals surface area contributed by atoms with Crippen molar-refractivity contribution in [3.63, 3.8) is 0 Å². The molecule has 0 aliphatic carbocycles. The van der Waals surface area contributed by atoms with Gasteiger partial charge in [0.15, 0.2) is 0 Å². The van der Waals surface area contributed by atoms with Crippen molar-refractivity contribution >= 4 is 46.6 Å². The molecule has 0 saturated carbocycles. The molecule has 2 aromatic carbocycles. The molecule has 0 radical (unpaired) electrons. The molecule has 0 spiro atoms. The zero-order chi connectivity index (χ0) is 31.5. The Morgan fingerprint density at radius 2 is 1.57 bits per heavy atom. The molecule has 236 valence electrons. The van der Waals surface area contributed by atoms with Crippen molar-refractivity contribution < 1.29 is 23.5 Å². The summed E-state index contributed by atoms with van der Waals surface area (Å²) in [5.41, 5.74) is 1.80. The Balaban J connectivity index is 1.56. The van der Waals surface area contributed by atoms with Gasteiger partial charge in [-0.25, -0.2) is 8.78 Å². The molecule has 0 unspecified atom stereocenters. The lowest BCUT2D eigenvalue weighted by Gasteiger charge is -2.47. The Hall–Kier alpha value is -2.53. The minimum absolute atomic E-state index is 0.0109. The fourth-order valence-electron chi connectivity index (χ4n) is 6.25. The fourth-order valence-corrected chi connectivity index (χ4v) is 6.89. The quantitative estimate of drug-likeness (QED) is 0.179. The second kappa shape index (κ2) is 13.8. The normalized spacial score (nSPS) is 18.2. The standard InChI is InChI=1S/C32H35Cl3F2N4O3/c33-21-4-7-23(8-5-21)41-27(3-1-2-18-42)25(20-28(41)24-9-6-22(34)19-26(24)35)29(43)39-30(44)31(10-14-38-15-11-31)40-16-12-32(36,37)13-17-40/h4-9,19-20,38,42H,1-3,10-18H2,(H,39,43,44). The number of amides is 2. The third kappa shape index (κ3) is 6.98. The molecule has 1 aromatic heterocycles. The number of hydrogen-bond acceptors (Lipinski definition) is 5. The summed E-state index contributed by atoms with van der Waals surface area (Å²) in [4.78, 5) is 29.9. The summed E-state index contributed by atoms with van der Waals surface area (Å²) in [5.74, 6) is -3.83. The molecule has 12 heteroatoms. The molecule has 3 heterocycles. The van der Waals surface area contributed by atoms with Crippen LogP contribution in [-0.4, -0.2) is 70.6 Å². The van der Waals surface area contributed by atoms with Crippen LogP contribution in [0.1, 0.15) is 54.6 Å². The molecule has 2 fully saturated rings. The lowest BCUT2D eigenvalue weighted by atomic mass is 9.83. The molecule has 3 N–H and O–H groups in total. The van der Waals surface area contributed by atoms with Crippen molar-refractivity contribution in [2.24, 2.45) is 0 Å². The number of benzene rings is 2. The van der Waals surface area contributed by atoms with Gasteiger partial charge in [-0.3, -0.25) is 19.8 Å². The third-order valence-corrected chi connectivity index (χ3v) is 9.44. The number of carbonyl (C=O) groups excluding carboxylic acids is 2. The van der Waals surface area contributed by atoms with Crippen LogP contribution in [0.15, 0.2) is 48.5 Å². The summed E-state index contributed by atoms with van der Waals surface area (Å²) in [5, 5.41) is 16.8. The minimum Gasteiger partial charge on any atom is -0.396 e. The number of halogens is 5. The molecule has 7 nitrogen and oxygen atoms in total. The van der Waals surface area contributed by atoms with E-state index in [4.69, 9.17) is 34.8 Å². The Morgan fingerprint density at radius 3 is 2.20 bits per heavy atom. The first-order valence-electron chi connectivity index (χ1n) is 14.8. The number of rotatable bonds is 9. The summed E-state index contributed by atoms with van der Waals surface area (Å²) < 4.78 is 30.0. The molecule has 2 amide bonds. The van der Waals surface area contributed by atoms with Crippen molar-refractivity contribution in [2.45, 2.75) is 56.4 Å². The summed E-state index contributed by atoms with van der Waals surface area (Å²) in [7, 11) is 0. The van der Waals surface area contributed by atoms with Gasteiger partial charge in [0.05, 0.1) is 16.3 Å². The van der Waals surface area contributed by atoms with E-state index in [2.05, 4.69) is 10.6 Å². The van der Waals surface area contributed by atoms with E-state index in [1.807, 2.05) is 21.6 Å². The number of nitrogens with one attached hydrogen (secondary N) is 2.